The fourth-order valence-electron chi connectivity index (χ4n) is 2.88. The molecule has 0 amide bonds. The van der Waals surface area contributed by atoms with Crippen LogP contribution in [0.1, 0.15) is 11.1 Å². The number of benzene rings is 3. The largest absolute Gasteiger partial charge is 0.337 e. The molecule has 146 valence electrons. The first kappa shape index (κ1) is 18.9. The third-order valence-electron chi connectivity index (χ3n) is 4.63. The van der Waals surface area contributed by atoms with E-state index in [0.29, 0.717) is 16.9 Å². The number of aromatic nitrogens is 2. The van der Waals surface area contributed by atoms with E-state index in [4.69, 9.17) is 0 Å². The van der Waals surface area contributed by atoms with Gasteiger partial charge in [-0.3, -0.25) is 4.72 Å². The summed E-state index contributed by atoms with van der Waals surface area (Å²) in [5.74, 6) is 0.480. The number of nitrogens with zero attached hydrogens (tertiary/aromatic N) is 2. The Morgan fingerprint density at radius 2 is 1.34 bits per heavy atom. The highest BCUT2D eigenvalue weighted by Gasteiger charge is 2.19. The lowest BCUT2D eigenvalue weighted by molar-refractivity contribution is 0.601. The molecule has 0 radical (unpaired) electrons. The van der Waals surface area contributed by atoms with Gasteiger partial charge < -0.3 is 5.32 Å². The Kier molecular flexibility index (Phi) is 4.90. The van der Waals surface area contributed by atoms with Crippen molar-refractivity contribution in [3.05, 3.63) is 83.9 Å². The predicted octanol–water partition coefficient (Wildman–Crippen LogP) is 4.79. The number of para-hydroxylation sites is 3. The highest BCUT2D eigenvalue weighted by molar-refractivity contribution is 7.92. The van der Waals surface area contributed by atoms with Gasteiger partial charge in [-0.25, -0.2) is 18.4 Å². The standard InChI is InChI=1S/C22H20N4O2S/c1-15-12-13-18(14-16(15)2)29(27,28)26-22-21(23-17-8-4-3-5-9-17)24-19-10-6-7-11-20(19)25-22/h3-14H,1-2H3,(H,23,24)(H,25,26). The molecule has 0 fully saturated rings. The van der Waals surface area contributed by atoms with E-state index in [1.165, 1.54) is 0 Å². The quantitative estimate of drug-likeness (QED) is 0.500. The van der Waals surface area contributed by atoms with Crippen LogP contribution in [0.5, 0.6) is 0 Å². The molecule has 7 heteroatoms. The Balaban J connectivity index is 1.78. The molecular formula is C22H20N4O2S. The maximum Gasteiger partial charge on any atom is 0.263 e. The summed E-state index contributed by atoms with van der Waals surface area (Å²) in [6.45, 7) is 3.82. The lowest BCUT2D eigenvalue weighted by Gasteiger charge is -2.14. The second kappa shape index (κ2) is 7.52. The summed E-state index contributed by atoms with van der Waals surface area (Å²) in [5, 5.41) is 3.16. The Bertz CT molecular complexity index is 1290. The molecule has 0 saturated carbocycles. The van der Waals surface area contributed by atoms with Crippen LogP contribution in [0.25, 0.3) is 11.0 Å². The molecule has 6 nitrogen and oxygen atoms in total. The first-order chi connectivity index (χ1) is 13.9. The van der Waals surface area contributed by atoms with Crippen molar-refractivity contribution in [2.45, 2.75) is 18.7 Å². The van der Waals surface area contributed by atoms with Crippen LogP contribution in [0.15, 0.2) is 77.7 Å². The molecule has 4 aromatic rings. The second-order valence-electron chi connectivity index (χ2n) is 6.75. The molecule has 0 spiro atoms. The monoisotopic (exact) mass is 404 g/mol. The Morgan fingerprint density at radius 3 is 2.00 bits per heavy atom. The van der Waals surface area contributed by atoms with Crippen molar-refractivity contribution in [2.75, 3.05) is 10.0 Å². The number of aryl methyl sites for hydroxylation is 2. The van der Waals surface area contributed by atoms with Gasteiger partial charge in [-0.15, -0.1) is 0 Å². The van der Waals surface area contributed by atoms with E-state index in [1.807, 2.05) is 62.4 Å². The summed E-state index contributed by atoms with van der Waals surface area (Å²) >= 11 is 0. The van der Waals surface area contributed by atoms with Gasteiger partial charge in [0.2, 0.25) is 0 Å². The summed E-state index contributed by atoms with van der Waals surface area (Å²) in [5.41, 5.74) is 3.98. The normalized spacial score (nSPS) is 11.4. The van der Waals surface area contributed by atoms with Gasteiger partial charge in [-0.2, -0.15) is 0 Å². The van der Waals surface area contributed by atoms with E-state index >= 15 is 0 Å². The SMILES string of the molecule is Cc1ccc(S(=O)(=O)Nc2nc3ccccc3nc2Nc2ccccc2)cc1C. The van der Waals surface area contributed by atoms with Gasteiger partial charge in [0.1, 0.15) is 0 Å². The summed E-state index contributed by atoms with van der Waals surface area (Å²) in [6, 6.07) is 21.8. The van der Waals surface area contributed by atoms with Crippen molar-refractivity contribution in [3.8, 4) is 0 Å². The first-order valence-corrected chi connectivity index (χ1v) is 10.6. The Labute approximate surface area is 169 Å². The highest BCUT2D eigenvalue weighted by atomic mass is 32.2. The molecule has 0 bridgehead atoms. The third-order valence-corrected chi connectivity index (χ3v) is 5.96. The molecule has 0 aliphatic heterocycles. The van der Waals surface area contributed by atoms with Crippen molar-refractivity contribution < 1.29 is 8.42 Å². The zero-order valence-electron chi connectivity index (χ0n) is 16.0. The number of anilines is 3. The highest BCUT2D eigenvalue weighted by Crippen LogP contribution is 2.27. The second-order valence-corrected chi connectivity index (χ2v) is 8.43. The molecule has 0 saturated heterocycles. The van der Waals surface area contributed by atoms with Crippen LogP contribution in [-0.4, -0.2) is 18.4 Å². The van der Waals surface area contributed by atoms with Gasteiger partial charge in [0.05, 0.1) is 15.9 Å². The minimum atomic E-state index is -3.83. The van der Waals surface area contributed by atoms with Gasteiger partial charge in [-0.05, 0) is 61.4 Å². The van der Waals surface area contributed by atoms with E-state index in [0.717, 1.165) is 16.8 Å². The van der Waals surface area contributed by atoms with Crippen molar-refractivity contribution >= 4 is 38.4 Å². The molecule has 29 heavy (non-hydrogen) atoms. The number of fused-ring (bicyclic) bond motifs is 1. The third kappa shape index (κ3) is 4.05. The maximum absolute atomic E-state index is 13.0. The first-order valence-electron chi connectivity index (χ1n) is 9.11. The smallest absolute Gasteiger partial charge is 0.263 e. The topological polar surface area (TPSA) is 84.0 Å². The van der Waals surface area contributed by atoms with Crippen LogP contribution >= 0.6 is 0 Å². The van der Waals surface area contributed by atoms with Crippen molar-refractivity contribution in [3.63, 3.8) is 0 Å². The fraction of sp³-hybridized carbons (Fsp3) is 0.0909. The van der Waals surface area contributed by atoms with Gasteiger partial charge in [-0.1, -0.05) is 36.4 Å². The van der Waals surface area contributed by atoms with Crippen molar-refractivity contribution in [2.24, 2.45) is 0 Å². The molecule has 0 unspecified atom stereocenters. The molecule has 0 atom stereocenters. The minimum Gasteiger partial charge on any atom is -0.337 e. The number of rotatable bonds is 5. The van der Waals surface area contributed by atoms with Crippen LogP contribution in [0.3, 0.4) is 0 Å². The van der Waals surface area contributed by atoms with Crippen LogP contribution in [0.2, 0.25) is 0 Å². The van der Waals surface area contributed by atoms with Crippen molar-refractivity contribution in [1.29, 1.82) is 0 Å². The Morgan fingerprint density at radius 1 is 0.724 bits per heavy atom. The molecule has 1 aromatic heterocycles. The van der Waals surface area contributed by atoms with Crippen LogP contribution in [0, 0.1) is 13.8 Å². The lowest BCUT2D eigenvalue weighted by atomic mass is 10.1. The van der Waals surface area contributed by atoms with Crippen LogP contribution < -0.4 is 10.0 Å². The summed E-state index contributed by atoms with van der Waals surface area (Å²) in [6.07, 6.45) is 0. The summed E-state index contributed by atoms with van der Waals surface area (Å²) in [4.78, 5) is 9.27. The summed E-state index contributed by atoms with van der Waals surface area (Å²) < 4.78 is 28.6. The van der Waals surface area contributed by atoms with Gasteiger partial charge in [0.25, 0.3) is 10.0 Å². The molecule has 0 aliphatic carbocycles. The minimum absolute atomic E-state index is 0.144. The molecule has 4 rings (SSSR count). The molecule has 0 aliphatic rings. The van der Waals surface area contributed by atoms with Crippen molar-refractivity contribution in [1.82, 2.24) is 9.97 Å². The van der Waals surface area contributed by atoms with Gasteiger partial charge in [0, 0.05) is 5.69 Å². The number of nitrogens with one attached hydrogen (secondary N) is 2. The zero-order chi connectivity index (χ0) is 20.4. The van der Waals surface area contributed by atoms with E-state index in [-0.39, 0.29) is 10.7 Å². The van der Waals surface area contributed by atoms with E-state index in [2.05, 4.69) is 20.0 Å². The fourth-order valence-corrected chi connectivity index (χ4v) is 3.98. The lowest BCUT2D eigenvalue weighted by Crippen LogP contribution is -2.16. The number of hydrogen-bond donors (Lipinski definition) is 2. The van der Waals surface area contributed by atoms with Gasteiger partial charge in [0.15, 0.2) is 11.6 Å². The number of sulfonamides is 1. The molecule has 3 aromatic carbocycles. The summed E-state index contributed by atoms with van der Waals surface area (Å²) in [7, 11) is -3.83. The van der Waals surface area contributed by atoms with E-state index < -0.39 is 10.0 Å². The Hall–Kier alpha value is -3.45. The molecule has 1 heterocycles. The number of hydrogen-bond acceptors (Lipinski definition) is 5. The zero-order valence-corrected chi connectivity index (χ0v) is 16.9. The molecular weight excluding hydrogens is 384 g/mol. The van der Waals surface area contributed by atoms with Crippen LogP contribution in [-0.2, 0) is 10.0 Å². The average Bonchev–Trinajstić information content (AvgIpc) is 2.71. The van der Waals surface area contributed by atoms with E-state index in [1.54, 1.807) is 24.3 Å². The average molecular weight is 404 g/mol. The van der Waals surface area contributed by atoms with E-state index in [9.17, 15) is 8.42 Å². The molecule has 2 N–H and O–H groups in total. The van der Waals surface area contributed by atoms with Crippen LogP contribution in [0.4, 0.5) is 17.3 Å². The van der Waals surface area contributed by atoms with Gasteiger partial charge >= 0.3 is 0 Å². The maximum atomic E-state index is 13.0. The predicted molar refractivity (Wildman–Crippen MR) is 116 cm³/mol.